The minimum atomic E-state index is 0.104. The molecule has 0 bridgehead atoms. The third-order valence-corrected chi connectivity index (χ3v) is 5.37. The van der Waals surface area contributed by atoms with Gasteiger partial charge in [0.15, 0.2) is 0 Å². The second-order valence-electron chi connectivity index (χ2n) is 7.13. The smallest absolute Gasteiger partial charge is 0.121 e. The van der Waals surface area contributed by atoms with Crippen molar-refractivity contribution in [2.45, 2.75) is 32.2 Å². The summed E-state index contributed by atoms with van der Waals surface area (Å²) in [5.74, 6) is 0.398. The third kappa shape index (κ3) is 3.14. The summed E-state index contributed by atoms with van der Waals surface area (Å²) in [4.78, 5) is 2.54. The zero-order valence-electron chi connectivity index (χ0n) is 14.8. The van der Waals surface area contributed by atoms with Crippen molar-refractivity contribution < 1.29 is 5.11 Å². The molecular formula is C23H25NO. The molecular weight excluding hydrogens is 306 g/mol. The molecule has 3 aromatic carbocycles. The molecule has 1 atom stereocenters. The molecule has 1 heterocycles. The second kappa shape index (κ2) is 6.89. The standard InChI is InChI=1S/C23H25NO/c1-17-9-11-19(12-10-17)23(24-15-5-2-6-16-24)22-20-8-4-3-7-18(20)13-14-21(22)25/h3-4,7-14,23,25H,2,5-6,15-16H2,1H3. The number of benzene rings is 3. The summed E-state index contributed by atoms with van der Waals surface area (Å²) >= 11 is 0. The maximum atomic E-state index is 10.8. The maximum Gasteiger partial charge on any atom is 0.121 e. The van der Waals surface area contributed by atoms with E-state index in [1.54, 1.807) is 0 Å². The number of phenols is 1. The van der Waals surface area contributed by atoms with Crippen LogP contribution in [0.15, 0.2) is 60.7 Å². The third-order valence-electron chi connectivity index (χ3n) is 5.37. The van der Waals surface area contributed by atoms with Crippen LogP contribution in [0.1, 0.15) is 42.0 Å². The molecule has 1 unspecified atom stereocenters. The average molecular weight is 331 g/mol. The van der Waals surface area contributed by atoms with Gasteiger partial charge in [0.25, 0.3) is 0 Å². The van der Waals surface area contributed by atoms with Gasteiger partial charge in [0, 0.05) is 5.56 Å². The van der Waals surface area contributed by atoms with E-state index in [4.69, 9.17) is 0 Å². The van der Waals surface area contributed by atoms with E-state index in [9.17, 15) is 5.11 Å². The topological polar surface area (TPSA) is 23.5 Å². The second-order valence-corrected chi connectivity index (χ2v) is 7.13. The first-order chi connectivity index (χ1) is 12.2. The Morgan fingerprint density at radius 3 is 2.32 bits per heavy atom. The van der Waals surface area contributed by atoms with Gasteiger partial charge in [-0.3, -0.25) is 4.90 Å². The Labute approximate surface area is 149 Å². The van der Waals surface area contributed by atoms with Gasteiger partial charge in [0.2, 0.25) is 0 Å². The van der Waals surface area contributed by atoms with Crippen LogP contribution in [-0.2, 0) is 0 Å². The summed E-state index contributed by atoms with van der Waals surface area (Å²) in [7, 11) is 0. The molecule has 3 aromatic rings. The molecule has 1 fully saturated rings. The van der Waals surface area contributed by atoms with Crippen LogP contribution in [-0.4, -0.2) is 23.1 Å². The number of nitrogens with zero attached hydrogens (tertiary/aromatic N) is 1. The zero-order valence-corrected chi connectivity index (χ0v) is 14.8. The van der Waals surface area contributed by atoms with E-state index in [1.165, 1.54) is 35.8 Å². The van der Waals surface area contributed by atoms with Crippen LogP contribution in [0.25, 0.3) is 10.8 Å². The van der Waals surface area contributed by atoms with Crippen molar-refractivity contribution >= 4 is 10.8 Å². The summed E-state index contributed by atoms with van der Waals surface area (Å²) in [5, 5.41) is 13.1. The normalized spacial score (nSPS) is 16.8. The Morgan fingerprint density at radius 1 is 0.840 bits per heavy atom. The fraction of sp³-hybridized carbons (Fsp3) is 0.304. The van der Waals surface area contributed by atoms with Gasteiger partial charge in [0.1, 0.15) is 5.75 Å². The summed E-state index contributed by atoms with van der Waals surface area (Å²) in [6.45, 7) is 4.29. The molecule has 0 aromatic heterocycles. The molecule has 1 aliphatic heterocycles. The molecule has 1 saturated heterocycles. The van der Waals surface area contributed by atoms with E-state index in [1.807, 2.05) is 12.1 Å². The molecule has 2 nitrogen and oxygen atoms in total. The molecule has 4 rings (SSSR count). The first-order valence-corrected chi connectivity index (χ1v) is 9.25. The number of fused-ring (bicyclic) bond motifs is 1. The van der Waals surface area contributed by atoms with Crippen LogP contribution in [0.3, 0.4) is 0 Å². The monoisotopic (exact) mass is 331 g/mol. The highest BCUT2D eigenvalue weighted by molar-refractivity contribution is 5.88. The van der Waals surface area contributed by atoms with Crippen LogP contribution in [0.5, 0.6) is 5.75 Å². The lowest BCUT2D eigenvalue weighted by atomic mass is 9.90. The number of likely N-dealkylation sites (tertiary alicyclic amines) is 1. The van der Waals surface area contributed by atoms with Crippen LogP contribution >= 0.6 is 0 Å². The molecule has 1 N–H and O–H groups in total. The molecule has 0 amide bonds. The van der Waals surface area contributed by atoms with Gasteiger partial charge in [0.05, 0.1) is 6.04 Å². The average Bonchev–Trinajstić information content (AvgIpc) is 2.66. The van der Waals surface area contributed by atoms with Crippen LogP contribution in [0.4, 0.5) is 0 Å². The van der Waals surface area contributed by atoms with Crippen molar-refractivity contribution in [1.82, 2.24) is 4.90 Å². The summed E-state index contributed by atoms with van der Waals surface area (Å²) < 4.78 is 0. The first-order valence-electron chi connectivity index (χ1n) is 9.25. The lowest BCUT2D eigenvalue weighted by molar-refractivity contribution is 0.186. The quantitative estimate of drug-likeness (QED) is 0.692. The van der Waals surface area contributed by atoms with Crippen LogP contribution in [0.2, 0.25) is 0 Å². The van der Waals surface area contributed by atoms with Gasteiger partial charge in [-0.05, 0) is 55.3 Å². The van der Waals surface area contributed by atoms with Gasteiger partial charge in [-0.2, -0.15) is 0 Å². The first kappa shape index (κ1) is 16.2. The summed E-state index contributed by atoms with van der Waals surface area (Å²) in [6, 6.07) is 21.1. The molecule has 0 saturated carbocycles. The summed E-state index contributed by atoms with van der Waals surface area (Å²) in [6.07, 6.45) is 3.76. The molecule has 128 valence electrons. The Hall–Kier alpha value is -2.32. The number of rotatable bonds is 3. The number of phenolic OH excluding ortho intramolecular Hbond substituents is 1. The van der Waals surface area contributed by atoms with Gasteiger partial charge >= 0.3 is 0 Å². The highest BCUT2D eigenvalue weighted by Crippen LogP contribution is 2.40. The lowest BCUT2D eigenvalue weighted by Crippen LogP contribution is -2.34. The maximum absolute atomic E-state index is 10.8. The predicted molar refractivity (Wildman–Crippen MR) is 104 cm³/mol. The predicted octanol–water partition coefficient (Wildman–Crippen LogP) is 5.43. The molecule has 0 spiro atoms. The lowest BCUT2D eigenvalue weighted by Gasteiger charge is -2.36. The minimum Gasteiger partial charge on any atom is -0.508 e. The molecule has 0 aliphatic carbocycles. The zero-order chi connectivity index (χ0) is 17.2. The number of aryl methyl sites for hydroxylation is 1. The number of piperidine rings is 1. The largest absolute Gasteiger partial charge is 0.508 e. The SMILES string of the molecule is Cc1ccc(C(c2c(O)ccc3ccccc23)N2CCCCC2)cc1. The Bertz CT molecular complexity index is 863. The van der Waals surface area contributed by atoms with Crippen molar-refractivity contribution in [2.75, 3.05) is 13.1 Å². The molecule has 2 heteroatoms. The van der Waals surface area contributed by atoms with Crippen molar-refractivity contribution in [1.29, 1.82) is 0 Å². The van der Waals surface area contributed by atoms with Crippen molar-refractivity contribution in [2.24, 2.45) is 0 Å². The minimum absolute atomic E-state index is 0.104. The van der Waals surface area contributed by atoms with Gasteiger partial charge in [-0.25, -0.2) is 0 Å². The van der Waals surface area contributed by atoms with E-state index in [2.05, 4.69) is 60.4 Å². The van der Waals surface area contributed by atoms with E-state index in [0.29, 0.717) is 5.75 Å². The van der Waals surface area contributed by atoms with Gasteiger partial charge in [-0.1, -0.05) is 66.6 Å². The van der Waals surface area contributed by atoms with E-state index in [-0.39, 0.29) is 6.04 Å². The van der Waals surface area contributed by atoms with E-state index < -0.39 is 0 Å². The van der Waals surface area contributed by atoms with Crippen molar-refractivity contribution in [3.05, 3.63) is 77.4 Å². The number of hydrogen-bond donors (Lipinski definition) is 1. The van der Waals surface area contributed by atoms with Crippen LogP contribution in [0, 0.1) is 6.92 Å². The number of aromatic hydroxyl groups is 1. The Balaban J connectivity index is 1.91. The molecule has 0 radical (unpaired) electrons. The van der Waals surface area contributed by atoms with Crippen LogP contribution < -0.4 is 0 Å². The molecule has 25 heavy (non-hydrogen) atoms. The van der Waals surface area contributed by atoms with Crippen molar-refractivity contribution in [3.63, 3.8) is 0 Å². The van der Waals surface area contributed by atoms with Gasteiger partial charge in [-0.15, -0.1) is 0 Å². The van der Waals surface area contributed by atoms with Gasteiger partial charge < -0.3 is 5.11 Å². The van der Waals surface area contributed by atoms with Crippen molar-refractivity contribution in [3.8, 4) is 5.75 Å². The van der Waals surface area contributed by atoms with E-state index >= 15 is 0 Å². The number of hydrogen-bond acceptors (Lipinski definition) is 2. The molecule has 1 aliphatic rings. The fourth-order valence-corrected chi connectivity index (χ4v) is 4.06. The Kier molecular flexibility index (Phi) is 4.46. The highest BCUT2D eigenvalue weighted by atomic mass is 16.3. The fourth-order valence-electron chi connectivity index (χ4n) is 4.06. The highest BCUT2D eigenvalue weighted by Gasteiger charge is 2.27. The Morgan fingerprint density at radius 2 is 1.56 bits per heavy atom. The van der Waals surface area contributed by atoms with E-state index in [0.717, 1.165) is 24.0 Å². The summed E-state index contributed by atoms with van der Waals surface area (Å²) in [5.41, 5.74) is 3.58.